The normalized spacial score (nSPS) is 18.5. The highest BCUT2D eigenvalue weighted by atomic mass is 19.4. The summed E-state index contributed by atoms with van der Waals surface area (Å²) in [6, 6.07) is 10.4. The summed E-state index contributed by atoms with van der Waals surface area (Å²) < 4.78 is 82.0. The molecule has 1 aliphatic carbocycles. The maximum absolute atomic E-state index is 14.6. The molecule has 1 aliphatic rings. The van der Waals surface area contributed by atoms with Gasteiger partial charge in [0.2, 0.25) is 0 Å². The number of nitrogen functional groups attached to an aromatic ring is 2. The largest absolute Gasteiger partial charge is 0.488 e. The van der Waals surface area contributed by atoms with Gasteiger partial charge in [0.05, 0.1) is 11.6 Å². The van der Waals surface area contributed by atoms with E-state index in [-0.39, 0.29) is 44.6 Å². The van der Waals surface area contributed by atoms with E-state index in [0.717, 1.165) is 0 Å². The highest BCUT2D eigenvalue weighted by molar-refractivity contribution is 5.87. The van der Waals surface area contributed by atoms with Crippen molar-refractivity contribution in [3.8, 4) is 11.5 Å². The fourth-order valence-corrected chi connectivity index (χ4v) is 4.12. The molecule has 1 saturated carbocycles. The summed E-state index contributed by atoms with van der Waals surface area (Å²) in [7, 11) is 0. The van der Waals surface area contributed by atoms with Crippen LogP contribution in [0.5, 0.6) is 11.5 Å². The van der Waals surface area contributed by atoms with E-state index in [0.29, 0.717) is 22.7 Å². The molecule has 11 heteroatoms. The van der Waals surface area contributed by atoms with Gasteiger partial charge >= 0.3 is 18.3 Å². The van der Waals surface area contributed by atoms with Gasteiger partial charge in [-0.25, -0.2) is 4.79 Å². The van der Waals surface area contributed by atoms with Crippen LogP contribution in [0.4, 0.5) is 33.3 Å². The number of halogens is 5. The Bertz CT molecular complexity index is 1070. The van der Waals surface area contributed by atoms with Crippen LogP contribution in [0, 0.1) is 11.8 Å². The standard InChI is InChI=1S/C26H29F5N2O4/c27-25(28,29)16-18-1-6-19(7-2-18)26(30,31)37-21-9-3-17(4-10-21)5-12-24(34)36-14-13-35-23-11-8-20(32)15-22(23)33/h3-5,8-12,15,18-19H,1-2,6-7,13-14,16,32-33H2/b12-5+. The number of benzene rings is 2. The number of alkyl halides is 5. The van der Waals surface area contributed by atoms with Crippen molar-refractivity contribution >= 4 is 23.4 Å². The monoisotopic (exact) mass is 528 g/mol. The van der Waals surface area contributed by atoms with E-state index in [4.69, 9.17) is 25.7 Å². The van der Waals surface area contributed by atoms with Crippen LogP contribution >= 0.6 is 0 Å². The van der Waals surface area contributed by atoms with Crippen LogP contribution in [0.3, 0.4) is 0 Å². The average Bonchev–Trinajstić information content (AvgIpc) is 2.81. The van der Waals surface area contributed by atoms with Gasteiger partial charge in [0.15, 0.2) is 0 Å². The van der Waals surface area contributed by atoms with Crippen molar-refractivity contribution in [2.45, 2.75) is 44.4 Å². The van der Waals surface area contributed by atoms with Crippen molar-refractivity contribution in [1.82, 2.24) is 0 Å². The van der Waals surface area contributed by atoms with E-state index in [1.165, 1.54) is 36.4 Å². The summed E-state index contributed by atoms with van der Waals surface area (Å²) in [6.45, 7) is 0.0604. The van der Waals surface area contributed by atoms with Crippen molar-refractivity contribution in [1.29, 1.82) is 0 Å². The first-order valence-corrected chi connectivity index (χ1v) is 11.8. The third-order valence-electron chi connectivity index (χ3n) is 6.01. The Hall–Kier alpha value is -3.50. The van der Waals surface area contributed by atoms with Crippen molar-refractivity contribution in [2.75, 3.05) is 24.7 Å². The number of hydrogen-bond donors (Lipinski definition) is 2. The molecule has 37 heavy (non-hydrogen) atoms. The SMILES string of the molecule is Nc1ccc(OCCOC(=O)/C=C/c2ccc(OC(F)(F)C3CCC(CC(F)(F)F)CC3)cc2)c(N)c1. The molecule has 0 spiro atoms. The molecule has 0 radical (unpaired) electrons. The number of ether oxygens (including phenoxy) is 3. The fraction of sp³-hybridized carbons (Fsp3) is 0.423. The van der Waals surface area contributed by atoms with Crippen molar-refractivity contribution in [3.05, 3.63) is 54.1 Å². The summed E-state index contributed by atoms with van der Waals surface area (Å²) in [5, 5.41) is 0. The minimum atomic E-state index is -4.29. The van der Waals surface area contributed by atoms with Crippen molar-refractivity contribution < 1.29 is 41.0 Å². The lowest BCUT2D eigenvalue weighted by Gasteiger charge is -2.33. The molecular formula is C26H29F5N2O4. The lowest BCUT2D eigenvalue weighted by Crippen LogP contribution is -2.37. The summed E-state index contributed by atoms with van der Waals surface area (Å²) >= 11 is 0. The van der Waals surface area contributed by atoms with Gasteiger partial charge in [0, 0.05) is 18.2 Å². The maximum atomic E-state index is 14.6. The van der Waals surface area contributed by atoms with Crippen LogP contribution in [0.1, 0.15) is 37.7 Å². The zero-order valence-corrected chi connectivity index (χ0v) is 20.0. The van der Waals surface area contributed by atoms with Gasteiger partial charge < -0.3 is 25.7 Å². The molecule has 3 rings (SSSR count). The third kappa shape index (κ3) is 9.14. The number of anilines is 2. The molecule has 202 valence electrons. The number of esters is 1. The maximum Gasteiger partial charge on any atom is 0.400 e. The van der Waals surface area contributed by atoms with Crippen LogP contribution in [0.2, 0.25) is 0 Å². The first kappa shape index (κ1) is 28.1. The summed E-state index contributed by atoms with van der Waals surface area (Å²) in [5.74, 6) is -2.06. The molecule has 0 aliphatic heterocycles. The molecule has 2 aromatic carbocycles. The Balaban J connectivity index is 1.41. The molecular weight excluding hydrogens is 499 g/mol. The fourth-order valence-electron chi connectivity index (χ4n) is 4.12. The molecule has 0 unspecified atom stereocenters. The predicted molar refractivity (Wildman–Crippen MR) is 129 cm³/mol. The van der Waals surface area contributed by atoms with E-state index in [2.05, 4.69) is 0 Å². The number of carbonyl (C=O) groups excluding carboxylic acids is 1. The van der Waals surface area contributed by atoms with Gasteiger partial charge in [-0.3, -0.25) is 0 Å². The lowest BCUT2D eigenvalue weighted by atomic mass is 9.80. The Kier molecular flexibility index (Phi) is 9.23. The molecule has 0 bridgehead atoms. The van der Waals surface area contributed by atoms with Gasteiger partial charge in [-0.15, -0.1) is 0 Å². The van der Waals surface area contributed by atoms with Crippen molar-refractivity contribution in [3.63, 3.8) is 0 Å². The topological polar surface area (TPSA) is 96.8 Å². The van der Waals surface area contributed by atoms with Crippen LogP contribution in [-0.2, 0) is 9.53 Å². The summed E-state index contributed by atoms with van der Waals surface area (Å²) in [5.41, 5.74) is 12.8. The van der Waals surface area contributed by atoms with Crippen LogP contribution in [0.25, 0.3) is 6.08 Å². The molecule has 2 aromatic rings. The first-order valence-electron chi connectivity index (χ1n) is 11.8. The van der Waals surface area contributed by atoms with E-state index >= 15 is 0 Å². The van der Waals surface area contributed by atoms with Crippen LogP contribution in [0.15, 0.2) is 48.5 Å². The third-order valence-corrected chi connectivity index (χ3v) is 6.01. The van der Waals surface area contributed by atoms with Gasteiger partial charge in [0.25, 0.3) is 0 Å². The Morgan fingerprint density at radius 2 is 1.62 bits per heavy atom. The summed E-state index contributed by atoms with van der Waals surface area (Å²) in [6.07, 6.45) is -5.98. The second kappa shape index (κ2) is 12.2. The average molecular weight is 529 g/mol. The molecule has 0 atom stereocenters. The summed E-state index contributed by atoms with van der Waals surface area (Å²) in [4.78, 5) is 11.9. The molecule has 0 aromatic heterocycles. The van der Waals surface area contributed by atoms with Gasteiger partial charge in [0.1, 0.15) is 24.7 Å². The van der Waals surface area contributed by atoms with E-state index in [9.17, 15) is 26.7 Å². The zero-order chi connectivity index (χ0) is 27.1. The molecule has 4 N–H and O–H groups in total. The van der Waals surface area contributed by atoms with E-state index in [1.54, 1.807) is 18.2 Å². The number of nitrogens with two attached hydrogens (primary N) is 2. The highest BCUT2D eigenvalue weighted by Gasteiger charge is 2.45. The minimum absolute atomic E-state index is 0.0209. The van der Waals surface area contributed by atoms with Gasteiger partial charge in [-0.1, -0.05) is 12.1 Å². The number of carbonyl (C=O) groups is 1. The van der Waals surface area contributed by atoms with E-state index < -0.39 is 36.5 Å². The van der Waals surface area contributed by atoms with Gasteiger partial charge in [-0.05, 0) is 73.6 Å². The lowest BCUT2D eigenvalue weighted by molar-refractivity contribution is -0.225. The number of rotatable bonds is 10. The quantitative estimate of drug-likeness (QED) is 0.125. The van der Waals surface area contributed by atoms with E-state index in [1.807, 2.05) is 0 Å². The molecule has 0 amide bonds. The van der Waals surface area contributed by atoms with Crippen LogP contribution in [-0.4, -0.2) is 31.5 Å². The first-order chi connectivity index (χ1) is 17.4. The predicted octanol–water partition coefficient (Wildman–Crippen LogP) is 6.22. The molecule has 6 nitrogen and oxygen atoms in total. The minimum Gasteiger partial charge on any atom is -0.488 e. The Morgan fingerprint density at radius 3 is 2.24 bits per heavy atom. The Labute approximate surface area is 211 Å². The van der Waals surface area contributed by atoms with Crippen molar-refractivity contribution in [2.24, 2.45) is 11.8 Å². The molecule has 0 heterocycles. The van der Waals surface area contributed by atoms with Gasteiger partial charge in [-0.2, -0.15) is 22.0 Å². The zero-order valence-electron chi connectivity index (χ0n) is 20.0. The van der Waals surface area contributed by atoms with Crippen LogP contribution < -0.4 is 20.9 Å². The smallest absolute Gasteiger partial charge is 0.400 e. The molecule has 1 fully saturated rings. The number of hydrogen-bond acceptors (Lipinski definition) is 6. The highest BCUT2D eigenvalue weighted by Crippen LogP contribution is 2.42. The second-order valence-corrected chi connectivity index (χ2v) is 8.92. The molecule has 0 saturated heterocycles. The Morgan fingerprint density at radius 1 is 0.946 bits per heavy atom. The second-order valence-electron chi connectivity index (χ2n) is 8.92.